The molecule has 1 aromatic carbocycles. The third kappa shape index (κ3) is 4.44. The zero-order valence-electron chi connectivity index (χ0n) is 20.7. The van der Waals surface area contributed by atoms with Crippen LogP contribution in [0.25, 0.3) is 21.7 Å². The van der Waals surface area contributed by atoms with Crippen molar-refractivity contribution < 1.29 is 9.59 Å². The topological polar surface area (TPSA) is 102 Å². The molecule has 0 saturated carbocycles. The lowest BCUT2D eigenvalue weighted by Crippen LogP contribution is -2.47. The number of anilines is 1. The number of hydrogen-bond acceptors (Lipinski definition) is 6. The minimum Gasteiger partial charge on any atom is -0.345 e. The third-order valence-corrected chi connectivity index (χ3v) is 8.20. The molecule has 3 aromatic rings. The molecule has 0 unspecified atom stereocenters. The van der Waals surface area contributed by atoms with Crippen LogP contribution in [-0.4, -0.2) is 58.4 Å². The lowest BCUT2D eigenvalue weighted by Gasteiger charge is -2.37. The summed E-state index contributed by atoms with van der Waals surface area (Å²) in [6.07, 6.45) is 2.24. The van der Waals surface area contributed by atoms with Crippen molar-refractivity contribution in [2.75, 3.05) is 32.0 Å². The van der Waals surface area contributed by atoms with Crippen LogP contribution in [0.3, 0.4) is 0 Å². The van der Waals surface area contributed by atoms with E-state index in [1.807, 2.05) is 51.2 Å². The molecule has 1 spiro atoms. The fourth-order valence-corrected chi connectivity index (χ4v) is 6.20. The molecule has 9 heteroatoms. The van der Waals surface area contributed by atoms with Gasteiger partial charge < -0.3 is 9.80 Å². The lowest BCUT2D eigenvalue weighted by atomic mass is 9.77. The standard InChI is InChI=1S/C27H28N6O2S/c1-17-13-21(14-18(2)29-17)23-22(20-6-4-5-19(15-20)16-28)30-25(36-23)31-26(35)33-11-8-27(9-12-33)7-10-32(3)24(27)34/h4-6,13-15H,7-12H2,1-3H3,(H,30,31,35). The molecule has 2 aromatic heterocycles. The summed E-state index contributed by atoms with van der Waals surface area (Å²) in [7, 11) is 1.85. The highest BCUT2D eigenvalue weighted by atomic mass is 32.1. The van der Waals surface area contributed by atoms with Crippen LogP contribution in [0.5, 0.6) is 0 Å². The summed E-state index contributed by atoms with van der Waals surface area (Å²) in [6, 6.07) is 13.3. The van der Waals surface area contributed by atoms with Crippen molar-refractivity contribution in [1.29, 1.82) is 5.26 Å². The van der Waals surface area contributed by atoms with Gasteiger partial charge in [-0.15, -0.1) is 0 Å². The number of nitriles is 1. The van der Waals surface area contributed by atoms with Crippen molar-refractivity contribution in [3.8, 4) is 27.8 Å². The highest BCUT2D eigenvalue weighted by Crippen LogP contribution is 2.42. The first kappa shape index (κ1) is 23.9. The van der Waals surface area contributed by atoms with Crippen molar-refractivity contribution in [1.82, 2.24) is 19.8 Å². The SMILES string of the molecule is Cc1cc(-c2sc(NC(=O)N3CCC4(CCN(C)C4=O)CC3)nc2-c2cccc(C#N)c2)cc(C)n1. The molecule has 4 heterocycles. The van der Waals surface area contributed by atoms with Gasteiger partial charge in [-0.1, -0.05) is 23.5 Å². The molecule has 2 fully saturated rings. The highest BCUT2D eigenvalue weighted by molar-refractivity contribution is 7.19. The molecular weight excluding hydrogens is 472 g/mol. The number of piperidine rings is 1. The summed E-state index contributed by atoms with van der Waals surface area (Å²) < 4.78 is 0. The summed E-state index contributed by atoms with van der Waals surface area (Å²) in [6.45, 7) is 5.78. The molecule has 5 rings (SSSR count). The van der Waals surface area contributed by atoms with E-state index in [9.17, 15) is 14.9 Å². The molecule has 3 amide bonds. The van der Waals surface area contributed by atoms with Gasteiger partial charge in [-0.3, -0.25) is 15.1 Å². The fraction of sp³-hybridized carbons (Fsp3) is 0.370. The smallest absolute Gasteiger partial charge is 0.323 e. The van der Waals surface area contributed by atoms with Gasteiger partial charge in [0, 0.05) is 43.6 Å². The second-order valence-electron chi connectivity index (χ2n) is 9.70. The summed E-state index contributed by atoms with van der Waals surface area (Å²) >= 11 is 1.41. The normalized spacial score (nSPS) is 16.9. The molecule has 0 bridgehead atoms. The van der Waals surface area contributed by atoms with E-state index in [0.29, 0.717) is 36.6 Å². The Kier molecular flexibility index (Phi) is 6.22. The van der Waals surface area contributed by atoms with Crippen LogP contribution in [0.1, 0.15) is 36.2 Å². The minimum absolute atomic E-state index is 0.205. The minimum atomic E-state index is -0.310. The van der Waals surface area contributed by atoms with E-state index in [2.05, 4.69) is 16.4 Å². The van der Waals surface area contributed by atoms with E-state index in [0.717, 1.165) is 46.1 Å². The van der Waals surface area contributed by atoms with Crippen molar-refractivity contribution in [2.45, 2.75) is 33.1 Å². The fourth-order valence-electron chi connectivity index (χ4n) is 5.23. The zero-order valence-corrected chi connectivity index (χ0v) is 21.5. The molecule has 2 aliphatic rings. The van der Waals surface area contributed by atoms with Gasteiger partial charge in [0.05, 0.1) is 27.6 Å². The Labute approximate surface area is 214 Å². The second-order valence-corrected chi connectivity index (χ2v) is 10.7. The number of amides is 3. The molecule has 0 radical (unpaired) electrons. The average Bonchev–Trinajstić information content (AvgIpc) is 3.41. The Hall–Kier alpha value is -3.77. The Morgan fingerprint density at radius 2 is 1.75 bits per heavy atom. The summed E-state index contributed by atoms with van der Waals surface area (Å²) in [5.74, 6) is 0.208. The largest absolute Gasteiger partial charge is 0.345 e. The predicted molar refractivity (Wildman–Crippen MR) is 139 cm³/mol. The van der Waals surface area contributed by atoms with Crippen molar-refractivity contribution >= 4 is 28.4 Å². The Bertz CT molecular complexity index is 1360. The number of thiazole rings is 1. The van der Waals surface area contributed by atoms with Crippen LogP contribution in [-0.2, 0) is 4.79 Å². The number of nitrogens with zero attached hydrogens (tertiary/aromatic N) is 5. The van der Waals surface area contributed by atoms with Gasteiger partial charge in [0.15, 0.2) is 5.13 Å². The van der Waals surface area contributed by atoms with Gasteiger partial charge >= 0.3 is 6.03 Å². The van der Waals surface area contributed by atoms with Crippen LogP contribution >= 0.6 is 11.3 Å². The Balaban J connectivity index is 1.41. The van der Waals surface area contributed by atoms with Crippen LogP contribution in [0.15, 0.2) is 36.4 Å². The van der Waals surface area contributed by atoms with Gasteiger partial charge in [0.1, 0.15) is 0 Å². The molecule has 36 heavy (non-hydrogen) atoms. The maximum Gasteiger partial charge on any atom is 0.323 e. The molecular formula is C27H28N6O2S. The first-order valence-electron chi connectivity index (χ1n) is 12.1. The number of rotatable bonds is 3. The molecule has 0 atom stereocenters. The lowest BCUT2D eigenvalue weighted by molar-refractivity contribution is -0.136. The maximum atomic E-state index is 13.2. The van der Waals surface area contributed by atoms with Gasteiger partial charge in [0.25, 0.3) is 0 Å². The van der Waals surface area contributed by atoms with Crippen molar-refractivity contribution in [3.05, 3.63) is 53.3 Å². The molecule has 184 valence electrons. The Morgan fingerprint density at radius 1 is 1.06 bits per heavy atom. The number of pyridine rings is 1. The number of hydrogen-bond donors (Lipinski definition) is 1. The van der Waals surface area contributed by atoms with E-state index in [1.165, 1.54) is 11.3 Å². The van der Waals surface area contributed by atoms with E-state index in [-0.39, 0.29) is 17.4 Å². The predicted octanol–water partition coefficient (Wildman–Crippen LogP) is 4.84. The van der Waals surface area contributed by atoms with Crippen LogP contribution in [0.2, 0.25) is 0 Å². The number of likely N-dealkylation sites (tertiary alicyclic amines) is 2. The summed E-state index contributed by atoms with van der Waals surface area (Å²) in [4.78, 5) is 39.5. The number of urea groups is 1. The van der Waals surface area contributed by atoms with Gasteiger partial charge in [-0.25, -0.2) is 9.78 Å². The summed E-state index contributed by atoms with van der Waals surface area (Å²) in [5, 5.41) is 12.9. The molecule has 2 saturated heterocycles. The van der Waals surface area contributed by atoms with E-state index in [1.54, 1.807) is 15.9 Å². The third-order valence-electron chi connectivity index (χ3n) is 7.18. The molecule has 8 nitrogen and oxygen atoms in total. The monoisotopic (exact) mass is 500 g/mol. The van der Waals surface area contributed by atoms with Crippen LogP contribution in [0, 0.1) is 30.6 Å². The Morgan fingerprint density at radius 3 is 2.39 bits per heavy atom. The molecule has 0 aliphatic carbocycles. The average molecular weight is 501 g/mol. The number of benzene rings is 1. The number of carbonyl (C=O) groups is 2. The maximum absolute atomic E-state index is 13.2. The van der Waals surface area contributed by atoms with E-state index in [4.69, 9.17) is 4.98 Å². The second kappa shape index (κ2) is 9.36. The number of aromatic nitrogens is 2. The van der Waals surface area contributed by atoms with Crippen LogP contribution in [0.4, 0.5) is 9.93 Å². The molecule has 2 aliphatic heterocycles. The highest BCUT2D eigenvalue weighted by Gasteiger charge is 2.47. The number of aryl methyl sites for hydroxylation is 2. The number of nitrogens with one attached hydrogen (secondary N) is 1. The first-order valence-corrected chi connectivity index (χ1v) is 12.9. The van der Waals surface area contributed by atoms with Crippen molar-refractivity contribution in [2.24, 2.45) is 5.41 Å². The van der Waals surface area contributed by atoms with Gasteiger partial charge in [-0.2, -0.15) is 5.26 Å². The molecule has 1 N–H and O–H groups in total. The van der Waals surface area contributed by atoms with Gasteiger partial charge in [0.2, 0.25) is 5.91 Å². The summed E-state index contributed by atoms with van der Waals surface area (Å²) in [5.41, 5.74) is 4.54. The zero-order chi connectivity index (χ0) is 25.4. The van der Waals surface area contributed by atoms with Gasteiger partial charge in [-0.05, 0) is 62.9 Å². The number of carbonyl (C=O) groups excluding carboxylic acids is 2. The quantitative estimate of drug-likeness (QED) is 0.555. The van der Waals surface area contributed by atoms with Crippen molar-refractivity contribution in [3.63, 3.8) is 0 Å². The van der Waals surface area contributed by atoms with E-state index < -0.39 is 0 Å². The van der Waals surface area contributed by atoms with E-state index >= 15 is 0 Å². The first-order chi connectivity index (χ1) is 17.3. The van der Waals surface area contributed by atoms with Crippen LogP contribution < -0.4 is 5.32 Å².